The van der Waals surface area contributed by atoms with Crippen LogP contribution in [0.15, 0.2) is 30.5 Å². The summed E-state index contributed by atoms with van der Waals surface area (Å²) < 4.78 is 52.3. The van der Waals surface area contributed by atoms with Gasteiger partial charge in [0.15, 0.2) is 16.5 Å². The zero-order valence-electron chi connectivity index (χ0n) is 20.5. The SMILES string of the molecule is O=C(N[C@H]1CC[C@@]2(CCN(c3ccc(F)cc3Cl)C2=O)CC1)c1cnc2c(NCCC(F)(F)F)cc(Cl)nn12. The van der Waals surface area contributed by atoms with Crippen molar-refractivity contribution in [3.05, 3.63) is 52.1 Å². The number of fused-ring (bicyclic) bond motifs is 1. The first-order valence-corrected chi connectivity index (χ1v) is 13.1. The molecule has 3 heterocycles. The van der Waals surface area contributed by atoms with Crippen LogP contribution in [0, 0.1) is 11.2 Å². The average Bonchev–Trinajstić information content (AvgIpc) is 3.42. The molecule has 1 aliphatic heterocycles. The number of benzene rings is 1. The summed E-state index contributed by atoms with van der Waals surface area (Å²) in [4.78, 5) is 32.2. The van der Waals surface area contributed by atoms with Crippen molar-refractivity contribution in [3.8, 4) is 0 Å². The van der Waals surface area contributed by atoms with Crippen molar-refractivity contribution in [2.75, 3.05) is 23.3 Å². The normalized spacial score (nSPS) is 21.6. The number of nitrogens with one attached hydrogen (secondary N) is 2. The predicted octanol–water partition coefficient (Wildman–Crippen LogP) is 5.64. The van der Waals surface area contributed by atoms with Crippen molar-refractivity contribution in [1.82, 2.24) is 19.9 Å². The van der Waals surface area contributed by atoms with Gasteiger partial charge in [-0.2, -0.15) is 18.3 Å². The van der Waals surface area contributed by atoms with Gasteiger partial charge in [0, 0.05) is 25.2 Å². The largest absolute Gasteiger partial charge is 0.390 e. The third kappa shape index (κ3) is 5.62. The Morgan fingerprint density at radius 2 is 1.90 bits per heavy atom. The highest BCUT2D eigenvalue weighted by atomic mass is 35.5. The molecule has 2 fully saturated rings. The summed E-state index contributed by atoms with van der Waals surface area (Å²) in [6.45, 7) is 0.0933. The van der Waals surface area contributed by atoms with Crippen molar-refractivity contribution in [1.29, 1.82) is 0 Å². The molecule has 208 valence electrons. The van der Waals surface area contributed by atoms with E-state index in [1.807, 2.05) is 0 Å². The molecule has 2 amide bonds. The van der Waals surface area contributed by atoms with E-state index < -0.39 is 29.7 Å². The highest BCUT2D eigenvalue weighted by Gasteiger charge is 2.49. The number of nitrogens with zero attached hydrogens (tertiary/aromatic N) is 4. The Hall–Kier alpha value is -3.12. The topological polar surface area (TPSA) is 91.6 Å². The lowest BCUT2D eigenvalue weighted by molar-refractivity contribution is -0.131. The number of aromatic nitrogens is 3. The fourth-order valence-electron chi connectivity index (χ4n) is 5.35. The van der Waals surface area contributed by atoms with Crippen molar-refractivity contribution in [3.63, 3.8) is 0 Å². The number of hydrogen-bond donors (Lipinski definition) is 2. The fraction of sp³-hybridized carbons (Fsp3) is 0.440. The van der Waals surface area contributed by atoms with Crippen LogP contribution >= 0.6 is 23.2 Å². The molecule has 14 heteroatoms. The lowest BCUT2D eigenvalue weighted by Crippen LogP contribution is -2.44. The standard InChI is InChI=1S/C25H24Cl2F4N6O2/c26-16-11-14(28)1-2-18(16)36-10-8-24(23(36)39)5-3-15(4-6-24)34-22(38)19-13-33-21-17(12-20(27)35-37(19)21)32-9-7-25(29,30)31/h1-2,11-13,15,32H,3-10H2,(H,34,38)/t15-,24-. The van der Waals surface area contributed by atoms with Gasteiger partial charge in [-0.15, -0.1) is 0 Å². The summed E-state index contributed by atoms with van der Waals surface area (Å²) in [5, 5.41) is 9.86. The van der Waals surface area contributed by atoms with Gasteiger partial charge in [-0.05, 0) is 50.3 Å². The summed E-state index contributed by atoms with van der Waals surface area (Å²) in [5.74, 6) is -0.984. The maximum atomic E-state index is 13.5. The summed E-state index contributed by atoms with van der Waals surface area (Å²) in [7, 11) is 0. The molecule has 2 N–H and O–H groups in total. The van der Waals surface area contributed by atoms with Crippen LogP contribution in [0.3, 0.4) is 0 Å². The highest BCUT2D eigenvalue weighted by Crippen LogP contribution is 2.47. The monoisotopic (exact) mass is 586 g/mol. The maximum Gasteiger partial charge on any atom is 0.390 e. The number of anilines is 2. The molecular formula is C25H24Cl2F4N6O2. The Kier molecular flexibility index (Phi) is 7.36. The van der Waals surface area contributed by atoms with E-state index in [0.717, 1.165) is 0 Å². The van der Waals surface area contributed by atoms with E-state index in [0.29, 0.717) is 44.3 Å². The lowest BCUT2D eigenvalue weighted by atomic mass is 9.71. The van der Waals surface area contributed by atoms with Crippen LogP contribution in [-0.2, 0) is 4.79 Å². The number of halogens is 6. The zero-order chi connectivity index (χ0) is 27.9. The summed E-state index contributed by atoms with van der Waals surface area (Å²) >= 11 is 12.2. The van der Waals surface area contributed by atoms with Crippen LogP contribution in [-0.4, -0.2) is 51.7 Å². The Morgan fingerprint density at radius 3 is 2.59 bits per heavy atom. The van der Waals surface area contributed by atoms with E-state index in [1.165, 1.54) is 35.0 Å². The second-order valence-corrected chi connectivity index (χ2v) is 10.7. The van der Waals surface area contributed by atoms with Crippen LogP contribution < -0.4 is 15.5 Å². The molecule has 0 atom stereocenters. The van der Waals surface area contributed by atoms with Crippen molar-refractivity contribution < 1.29 is 27.2 Å². The van der Waals surface area contributed by atoms with E-state index in [4.69, 9.17) is 23.2 Å². The van der Waals surface area contributed by atoms with E-state index in [2.05, 4.69) is 20.7 Å². The summed E-state index contributed by atoms with van der Waals surface area (Å²) in [6, 6.07) is 5.12. The van der Waals surface area contributed by atoms with Crippen LogP contribution in [0.2, 0.25) is 10.2 Å². The maximum absolute atomic E-state index is 13.5. The Labute approximate surface area is 230 Å². The Morgan fingerprint density at radius 1 is 1.15 bits per heavy atom. The number of amides is 2. The van der Waals surface area contributed by atoms with Gasteiger partial charge in [0.25, 0.3) is 5.91 Å². The van der Waals surface area contributed by atoms with E-state index >= 15 is 0 Å². The molecule has 0 unspecified atom stereocenters. The van der Waals surface area contributed by atoms with Gasteiger partial charge in [0.2, 0.25) is 5.91 Å². The van der Waals surface area contributed by atoms with Crippen LogP contribution in [0.25, 0.3) is 5.65 Å². The number of carbonyl (C=O) groups is 2. The first-order chi connectivity index (χ1) is 18.5. The highest BCUT2D eigenvalue weighted by molar-refractivity contribution is 6.34. The molecule has 1 saturated heterocycles. The van der Waals surface area contributed by atoms with E-state index in [1.54, 1.807) is 4.90 Å². The number of hydrogen-bond acceptors (Lipinski definition) is 5. The van der Waals surface area contributed by atoms with Crippen molar-refractivity contribution in [2.45, 2.75) is 50.7 Å². The molecule has 1 aliphatic carbocycles. The van der Waals surface area contributed by atoms with Crippen LogP contribution in [0.5, 0.6) is 0 Å². The molecule has 2 aromatic heterocycles. The summed E-state index contributed by atoms with van der Waals surface area (Å²) in [6.07, 6.45) is -1.18. The molecule has 2 aliphatic rings. The molecule has 5 rings (SSSR count). The van der Waals surface area contributed by atoms with Crippen LogP contribution in [0.4, 0.5) is 28.9 Å². The predicted molar refractivity (Wildman–Crippen MR) is 138 cm³/mol. The van der Waals surface area contributed by atoms with E-state index in [-0.39, 0.29) is 45.7 Å². The lowest BCUT2D eigenvalue weighted by Gasteiger charge is -2.36. The van der Waals surface area contributed by atoms with Gasteiger partial charge >= 0.3 is 6.18 Å². The second-order valence-electron chi connectivity index (χ2n) is 9.88. The minimum absolute atomic E-state index is 0.0192. The number of carbonyl (C=O) groups excluding carboxylic acids is 2. The fourth-order valence-corrected chi connectivity index (χ4v) is 5.80. The third-order valence-electron chi connectivity index (χ3n) is 7.39. The molecule has 0 bridgehead atoms. The second kappa shape index (κ2) is 10.5. The Balaban J connectivity index is 1.23. The van der Waals surface area contributed by atoms with Crippen molar-refractivity contribution in [2.24, 2.45) is 5.41 Å². The molecule has 1 spiro atoms. The van der Waals surface area contributed by atoms with Gasteiger partial charge < -0.3 is 15.5 Å². The minimum Gasteiger partial charge on any atom is -0.382 e. The molecule has 1 saturated carbocycles. The number of imidazole rings is 1. The first kappa shape index (κ1) is 27.4. The molecule has 0 radical (unpaired) electrons. The molecular weight excluding hydrogens is 563 g/mol. The van der Waals surface area contributed by atoms with Gasteiger partial charge in [-0.1, -0.05) is 23.2 Å². The van der Waals surface area contributed by atoms with Gasteiger partial charge in [-0.3, -0.25) is 9.59 Å². The minimum atomic E-state index is -4.32. The van der Waals surface area contributed by atoms with E-state index in [9.17, 15) is 27.2 Å². The Bertz CT molecular complexity index is 1420. The molecule has 8 nitrogen and oxygen atoms in total. The summed E-state index contributed by atoms with van der Waals surface area (Å²) in [5.41, 5.74) is 0.407. The quantitative estimate of drug-likeness (QED) is 0.365. The smallest absolute Gasteiger partial charge is 0.382 e. The van der Waals surface area contributed by atoms with Crippen LogP contribution in [0.1, 0.15) is 49.0 Å². The molecule has 3 aromatic rings. The molecule has 1 aromatic carbocycles. The number of alkyl halides is 3. The average molecular weight is 587 g/mol. The molecule has 39 heavy (non-hydrogen) atoms. The van der Waals surface area contributed by atoms with Gasteiger partial charge in [0.1, 0.15) is 5.82 Å². The van der Waals surface area contributed by atoms with Crippen molar-refractivity contribution >= 4 is 52.0 Å². The third-order valence-corrected chi connectivity index (χ3v) is 7.87. The first-order valence-electron chi connectivity index (χ1n) is 12.4. The number of rotatable bonds is 6. The zero-order valence-corrected chi connectivity index (χ0v) is 22.0. The van der Waals surface area contributed by atoms with Gasteiger partial charge in [0.05, 0.1) is 34.4 Å². The van der Waals surface area contributed by atoms with Gasteiger partial charge in [-0.25, -0.2) is 13.9 Å².